The van der Waals surface area contributed by atoms with E-state index in [1.165, 1.54) is 0 Å². The van der Waals surface area contributed by atoms with E-state index in [1.54, 1.807) is 0 Å². The summed E-state index contributed by atoms with van der Waals surface area (Å²) in [6.45, 7) is 2.27. The first-order chi connectivity index (χ1) is 7.91. The van der Waals surface area contributed by atoms with E-state index in [9.17, 15) is 18.0 Å². The number of rotatable bonds is 4. The van der Waals surface area contributed by atoms with Crippen LogP contribution in [0.25, 0.3) is 0 Å². The minimum Gasteiger partial charge on any atom is -0.352 e. The Morgan fingerprint density at radius 2 is 1.88 bits per heavy atom. The second-order valence-corrected chi connectivity index (χ2v) is 5.14. The lowest BCUT2D eigenvalue weighted by atomic mass is 10.2. The van der Waals surface area contributed by atoms with Crippen LogP contribution in [-0.4, -0.2) is 17.3 Å². The Bertz CT molecular complexity index is 400. The molecule has 0 fully saturated rings. The highest BCUT2D eigenvalue weighted by molar-refractivity contribution is 9.09. The third-order valence-electron chi connectivity index (χ3n) is 2.07. The van der Waals surface area contributed by atoms with Crippen molar-refractivity contribution in [3.63, 3.8) is 0 Å². The van der Waals surface area contributed by atoms with Gasteiger partial charge >= 0.3 is 0 Å². The van der Waals surface area contributed by atoms with Gasteiger partial charge in [0.15, 0.2) is 17.5 Å². The molecule has 0 aromatic heterocycles. The predicted molar refractivity (Wildman–Crippen MR) is 61.7 cm³/mol. The molecule has 1 N–H and O–H groups in total. The standard InChI is InChI=1S/C11H11BrF3NO/c1-6(12)2-3-16-11(17)7-4-8(13)10(15)9(14)5-7/h4-6H,2-3H2,1H3,(H,16,17). The summed E-state index contributed by atoms with van der Waals surface area (Å²) in [6, 6.07) is 1.34. The molecule has 0 saturated heterocycles. The molecule has 0 heterocycles. The second-order valence-electron chi connectivity index (χ2n) is 3.58. The number of alkyl halides is 1. The van der Waals surface area contributed by atoms with Crippen molar-refractivity contribution in [3.05, 3.63) is 35.1 Å². The van der Waals surface area contributed by atoms with E-state index in [-0.39, 0.29) is 10.4 Å². The molecule has 17 heavy (non-hydrogen) atoms. The van der Waals surface area contributed by atoms with Crippen molar-refractivity contribution in [1.29, 1.82) is 0 Å². The summed E-state index contributed by atoms with van der Waals surface area (Å²) in [4.78, 5) is 11.7. The van der Waals surface area contributed by atoms with Gasteiger partial charge in [0.1, 0.15) is 0 Å². The lowest BCUT2D eigenvalue weighted by Gasteiger charge is -2.07. The summed E-state index contributed by atoms with van der Waals surface area (Å²) in [5, 5.41) is 2.48. The van der Waals surface area contributed by atoms with Gasteiger partial charge in [-0.3, -0.25) is 4.79 Å². The van der Waals surface area contributed by atoms with Crippen LogP contribution >= 0.6 is 15.9 Å². The fourth-order valence-corrected chi connectivity index (χ4v) is 1.40. The molecule has 0 bridgehead atoms. The number of hydrogen-bond donors (Lipinski definition) is 1. The van der Waals surface area contributed by atoms with Crippen molar-refractivity contribution in [2.45, 2.75) is 18.2 Å². The molecule has 6 heteroatoms. The maximum Gasteiger partial charge on any atom is 0.251 e. The molecule has 1 rings (SSSR count). The van der Waals surface area contributed by atoms with Gasteiger partial charge in [-0.2, -0.15) is 0 Å². The van der Waals surface area contributed by atoms with Gasteiger partial charge in [0.05, 0.1) is 0 Å². The first-order valence-corrected chi connectivity index (χ1v) is 5.90. The number of benzene rings is 1. The van der Waals surface area contributed by atoms with E-state index in [2.05, 4.69) is 21.2 Å². The van der Waals surface area contributed by atoms with E-state index < -0.39 is 23.4 Å². The Hall–Kier alpha value is -1.04. The van der Waals surface area contributed by atoms with Gasteiger partial charge in [0.25, 0.3) is 5.91 Å². The van der Waals surface area contributed by atoms with Crippen LogP contribution in [0.4, 0.5) is 13.2 Å². The van der Waals surface area contributed by atoms with Crippen molar-refractivity contribution < 1.29 is 18.0 Å². The first-order valence-electron chi connectivity index (χ1n) is 4.98. The minimum absolute atomic E-state index is 0.226. The van der Waals surface area contributed by atoms with Gasteiger partial charge in [-0.05, 0) is 18.6 Å². The van der Waals surface area contributed by atoms with Gasteiger partial charge in [0, 0.05) is 16.9 Å². The van der Waals surface area contributed by atoms with Crippen LogP contribution in [0.1, 0.15) is 23.7 Å². The Morgan fingerprint density at radius 1 is 1.35 bits per heavy atom. The average Bonchev–Trinajstić information content (AvgIpc) is 2.24. The fourth-order valence-electron chi connectivity index (χ4n) is 1.17. The smallest absolute Gasteiger partial charge is 0.251 e. The number of amides is 1. The largest absolute Gasteiger partial charge is 0.352 e. The van der Waals surface area contributed by atoms with E-state index in [4.69, 9.17) is 0 Å². The molecule has 1 aromatic carbocycles. The van der Waals surface area contributed by atoms with E-state index in [1.807, 2.05) is 6.92 Å². The molecule has 0 spiro atoms. The Morgan fingerprint density at radius 3 is 2.35 bits per heavy atom. The maximum atomic E-state index is 12.8. The highest BCUT2D eigenvalue weighted by Gasteiger charge is 2.14. The van der Waals surface area contributed by atoms with Crippen LogP contribution in [0.2, 0.25) is 0 Å². The van der Waals surface area contributed by atoms with Crippen LogP contribution in [0, 0.1) is 17.5 Å². The van der Waals surface area contributed by atoms with Gasteiger partial charge in [-0.25, -0.2) is 13.2 Å². The number of nitrogens with one attached hydrogen (secondary N) is 1. The van der Waals surface area contributed by atoms with Crippen molar-refractivity contribution in [1.82, 2.24) is 5.32 Å². The van der Waals surface area contributed by atoms with Gasteiger partial charge < -0.3 is 5.32 Å². The summed E-state index contributed by atoms with van der Waals surface area (Å²) in [5.41, 5.74) is -0.233. The maximum absolute atomic E-state index is 12.8. The molecule has 0 aliphatic carbocycles. The molecule has 94 valence electrons. The molecular formula is C11H11BrF3NO. The summed E-state index contributed by atoms with van der Waals surface area (Å²) in [6.07, 6.45) is 0.678. The average molecular weight is 310 g/mol. The highest BCUT2D eigenvalue weighted by Crippen LogP contribution is 2.13. The number of hydrogen-bond acceptors (Lipinski definition) is 1. The van der Waals surface area contributed by atoms with Crippen molar-refractivity contribution in [3.8, 4) is 0 Å². The topological polar surface area (TPSA) is 29.1 Å². The number of carbonyl (C=O) groups excluding carboxylic acids is 1. The minimum atomic E-state index is -1.57. The lowest BCUT2D eigenvalue weighted by Crippen LogP contribution is -2.26. The molecule has 0 aliphatic rings. The number of carbonyl (C=O) groups is 1. The molecule has 1 aromatic rings. The van der Waals surface area contributed by atoms with Gasteiger partial charge in [-0.15, -0.1) is 0 Å². The normalized spacial score (nSPS) is 12.3. The second kappa shape index (κ2) is 6.05. The molecule has 0 aliphatic heterocycles. The third-order valence-corrected chi connectivity index (χ3v) is 2.53. The van der Waals surface area contributed by atoms with E-state index in [0.717, 1.165) is 0 Å². The summed E-state index contributed by atoms with van der Waals surface area (Å²) < 4.78 is 38.3. The lowest BCUT2D eigenvalue weighted by molar-refractivity contribution is 0.0952. The van der Waals surface area contributed by atoms with E-state index in [0.29, 0.717) is 25.1 Å². The van der Waals surface area contributed by atoms with Crippen molar-refractivity contribution in [2.24, 2.45) is 0 Å². The van der Waals surface area contributed by atoms with Crippen LogP contribution < -0.4 is 5.32 Å². The zero-order chi connectivity index (χ0) is 13.0. The molecule has 2 nitrogen and oxygen atoms in total. The summed E-state index contributed by atoms with van der Waals surface area (Å²) in [5.74, 6) is -4.94. The molecule has 0 radical (unpaired) electrons. The Labute approximate surface area is 105 Å². The van der Waals surface area contributed by atoms with Gasteiger partial charge in [-0.1, -0.05) is 22.9 Å². The van der Waals surface area contributed by atoms with Crippen molar-refractivity contribution >= 4 is 21.8 Å². The van der Waals surface area contributed by atoms with E-state index >= 15 is 0 Å². The quantitative estimate of drug-likeness (QED) is 0.672. The molecule has 1 amide bonds. The summed E-state index contributed by atoms with van der Waals surface area (Å²) >= 11 is 3.29. The third kappa shape index (κ3) is 4.03. The Kier molecular flexibility index (Phi) is 4.99. The zero-order valence-corrected chi connectivity index (χ0v) is 10.7. The molecular weight excluding hydrogens is 299 g/mol. The Balaban J connectivity index is 2.70. The highest BCUT2D eigenvalue weighted by atomic mass is 79.9. The molecule has 1 unspecified atom stereocenters. The van der Waals surface area contributed by atoms with Crippen LogP contribution in [0.3, 0.4) is 0 Å². The predicted octanol–water partition coefficient (Wildman–Crippen LogP) is 3.01. The van der Waals surface area contributed by atoms with Gasteiger partial charge in [0.2, 0.25) is 0 Å². The van der Waals surface area contributed by atoms with Crippen LogP contribution in [0.5, 0.6) is 0 Å². The molecule has 1 atom stereocenters. The zero-order valence-electron chi connectivity index (χ0n) is 9.07. The van der Waals surface area contributed by atoms with Crippen LogP contribution in [0.15, 0.2) is 12.1 Å². The number of halogens is 4. The monoisotopic (exact) mass is 309 g/mol. The fraction of sp³-hybridized carbons (Fsp3) is 0.364. The first kappa shape index (κ1) is 14.0. The van der Waals surface area contributed by atoms with Crippen molar-refractivity contribution in [2.75, 3.05) is 6.54 Å². The SMILES string of the molecule is CC(Br)CCNC(=O)c1cc(F)c(F)c(F)c1. The summed E-state index contributed by atoms with van der Waals surface area (Å²) in [7, 11) is 0. The van der Waals surface area contributed by atoms with Crippen LogP contribution in [-0.2, 0) is 0 Å². The molecule has 0 saturated carbocycles.